The molecule has 0 saturated carbocycles. The fourth-order valence-corrected chi connectivity index (χ4v) is 2.96. The highest BCUT2D eigenvalue weighted by atomic mass is 16.5. The van der Waals surface area contributed by atoms with Gasteiger partial charge in [-0.05, 0) is 36.2 Å². The number of anilines is 1. The second-order valence-corrected chi connectivity index (χ2v) is 6.41. The number of morpholine rings is 1. The number of amides is 2. The third kappa shape index (κ3) is 5.82. The van der Waals surface area contributed by atoms with Crippen molar-refractivity contribution in [1.82, 2.24) is 10.6 Å². The van der Waals surface area contributed by atoms with Gasteiger partial charge in [0, 0.05) is 30.9 Å². The first kappa shape index (κ1) is 18.9. The summed E-state index contributed by atoms with van der Waals surface area (Å²) in [5.74, 6) is -0.439. The molecule has 2 aromatic carbocycles. The zero-order valence-electron chi connectivity index (χ0n) is 15.3. The average Bonchev–Trinajstić information content (AvgIpc) is 2.73. The lowest BCUT2D eigenvalue weighted by molar-refractivity contribution is -0.120. The van der Waals surface area contributed by atoms with Crippen molar-refractivity contribution in [3.05, 3.63) is 65.7 Å². The maximum atomic E-state index is 12.2. The highest BCUT2D eigenvalue weighted by Crippen LogP contribution is 2.16. The number of nitrogens with one attached hydrogen (secondary N) is 2. The Hall–Kier alpha value is -2.86. The monoisotopic (exact) mass is 367 g/mol. The SMILES string of the molecule is O=C(CNC(=O)c1ccc(N2CCOCC2)cc1)NCCc1ccccc1. The second-order valence-electron chi connectivity index (χ2n) is 6.41. The number of rotatable bonds is 7. The van der Waals surface area contributed by atoms with E-state index in [4.69, 9.17) is 4.74 Å². The Kier molecular flexibility index (Phi) is 6.82. The van der Waals surface area contributed by atoms with Crippen molar-refractivity contribution in [2.45, 2.75) is 6.42 Å². The summed E-state index contributed by atoms with van der Waals surface area (Å²) in [6, 6.07) is 17.4. The van der Waals surface area contributed by atoms with Crippen molar-refractivity contribution >= 4 is 17.5 Å². The largest absolute Gasteiger partial charge is 0.378 e. The first-order chi connectivity index (χ1) is 13.2. The predicted molar refractivity (Wildman–Crippen MR) is 105 cm³/mol. The van der Waals surface area contributed by atoms with E-state index in [1.165, 1.54) is 5.56 Å². The van der Waals surface area contributed by atoms with Crippen molar-refractivity contribution < 1.29 is 14.3 Å². The Bertz CT molecular complexity index is 741. The highest BCUT2D eigenvalue weighted by molar-refractivity contribution is 5.96. The predicted octanol–water partition coefficient (Wildman–Crippen LogP) is 1.61. The van der Waals surface area contributed by atoms with Crippen molar-refractivity contribution in [2.24, 2.45) is 0 Å². The molecule has 1 aliphatic rings. The minimum atomic E-state index is -0.248. The maximum Gasteiger partial charge on any atom is 0.251 e. The maximum absolute atomic E-state index is 12.2. The van der Waals surface area contributed by atoms with Crippen LogP contribution in [0.4, 0.5) is 5.69 Å². The number of hydrogen-bond donors (Lipinski definition) is 2. The Labute approximate surface area is 159 Å². The van der Waals surface area contributed by atoms with Crippen molar-refractivity contribution in [1.29, 1.82) is 0 Å². The van der Waals surface area contributed by atoms with Gasteiger partial charge in [-0.1, -0.05) is 30.3 Å². The first-order valence-electron chi connectivity index (χ1n) is 9.24. The van der Waals surface area contributed by atoms with Gasteiger partial charge in [0.1, 0.15) is 0 Å². The zero-order valence-corrected chi connectivity index (χ0v) is 15.3. The third-order valence-electron chi connectivity index (χ3n) is 4.49. The molecule has 0 bridgehead atoms. The number of carbonyl (C=O) groups is 2. The molecule has 3 rings (SSSR count). The fraction of sp³-hybridized carbons (Fsp3) is 0.333. The van der Waals surface area contributed by atoms with Crippen LogP contribution in [0.2, 0.25) is 0 Å². The lowest BCUT2D eigenvalue weighted by Gasteiger charge is -2.28. The highest BCUT2D eigenvalue weighted by Gasteiger charge is 2.12. The summed E-state index contributed by atoms with van der Waals surface area (Å²) in [7, 11) is 0. The van der Waals surface area contributed by atoms with Gasteiger partial charge in [0.25, 0.3) is 5.91 Å². The van der Waals surface area contributed by atoms with Gasteiger partial charge in [0.15, 0.2) is 0 Å². The summed E-state index contributed by atoms with van der Waals surface area (Å²) >= 11 is 0. The van der Waals surface area contributed by atoms with E-state index in [2.05, 4.69) is 15.5 Å². The molecular weight excluding hydrogens is 342 g/mol. The van der Waals surface area contributed by atoms with Crippen LogP contribution in [0.25, 0.3) is 0 Å². The van der Waals surface area contributed by atoms with Crippen LogP contribution in [0.5, 0.6) is 0 Å². The van der Waals surface area contributed by atoms with E-state index in [0.717, 1.165) is 38.4 Å². The Morgan fingerprint density at radius 1 is 0.926 bits per heavy atom. The van der Waals surface area contributed by atoms with Crippen molar-refractivity contribution in [2.75, 3.05) is 44.3 Å². The molecule has 6 heteroatoms. The van der Waals surface area contributed by atoms with Crippen LogP contribution in [0.1, 0.15) is 15.9 Å². The van der Waals surface area contributed by atoms with Crippen LogP contribution < -0.4 is 15.5 Å². The standard InChI is InChI=1S/C21H25N3O3/c25-20(22-11-10-17-4-2-1-3-5-17)16-23-21(26)18-6-8-19(9-7-18)24-12-14-27-15-13-24/h1-9H,10-16H2,(H,22,25)(H,23,26). The van der Waals surface area contributed by atoms with Crippen LogP contribution in [0.15, 0.2) is 54.6 Å². The van der Waals surface area contributed by atoms with E-state index in [1.54, 1.807) is 12.1 Å². The van der Waals surface area contributed by atoms with Gasteiger partial charge >= 0.3 is 0 Å². The van der Waals surface area contributed by atoms with E-state index in [9.17, 15) is 9.59 Å². The molecule has 0 spiro atoms. The van der Waals surface area contributed by atoms with Crippen LogP contribution in [0.3, 0.4) is 0 Å². The summed E-state index contributed by atoms with van der Waals surface area (Å²) in [6.45, 7) is 3.68. The lowest BCUT2D eigenvalue weighted by Crippen LogP contribution is -2.38. The zero-order chi connectivity index (χ0) is 18.9. The smallest absolute Gasteiger partial charge is 0.251 e. The number of nitrogens with zero attached hydrogens (tertiary/aromatic N) is 1. The Morgan fingerprint density at radius 3 is 2.33 bits per heavy atom. The van der Waals surface area contributed by atoms with E-state index in [0.29, 0.717) is 12.1 Å². The van der Waals surface area contributed by atoms with Crippen LogP contribution in [-0.2, 0) is 16.0 Å². The number of hydrogen-bond acceptors (Lipinski definition) is 4. The normalized spacial score (nSPS) is 13.9. The molecule has 0 atom stereocenters. The summed E-state index contributed by atoms with van der Waals surface area (Å²) < 4.78 is 5.35. The van der Waals surface area contributed by atoms with Gasteiger partial charge in [-0.3, -0.25) is 9.59 Å². The molecule has 2 N–H and O–H groups in total. The minimum Gasteiger partial charge on any atom is -0.378 e. The topological polar surface area (TPSA) is 70.7 Å². The quantitative estimate of drug-likeness (QED) is 0.780. The van der Waals surface area contributed by atoms with Gasteiger partial charge in [0.2, 0.25) is 5.91 Å². The molecule has 1 aliphatic heterocycles. The van der Waals surface area contributed by atoms with Gasteiger partial charge in [0.05, 0.1) is 19.8 Å². The van der Waals surface area contributed by atoms with E-state index >= 15 is 0 Å². The van der Waals surface area contributed by atoms with E-state index in [1.807, 2.05) is 42.5 Å². The molecular formula is C21H25N3O3. The van der Waals surface area contributed by atoms with Gasteiger partial charge in [-0.2, -0.15) is 0 Å². The minimum absolute atomic E-state index is 0.0289. The molecule has 1 heterocycles. The van der Waals surface area contributed by atoms with Gasteiger partial charge in [-0.25, -0.2) is 0 Å². The number of carbonyl (C=O) groups excluding carboxylic acids is 2. The Balaban J connectivity index is 1.39. The number of benzene rings is 2. The molecule has 142 valence electrons. The summed E-state index contributed by atoms with van der Waals surface area (Å²) in [4.78, 5) is 26.3. The van der Waals surface area contributed by atoms with Gasteiger partial charge in [-0.15, -0.1) is 0 Å². The molecule has 0 radical (unpaired) electrons. The summed E-state index contributed by atoms with van der Waals surface area (Å²) in [5.41, 5.74) is 2.79. The fourth-order valence-electron chi connectivity index (χ4n) is 2.96. The third-order valence-corrected chi connectivity index (χ3v) is 4.49. The van der Waals surface area contributed by atoms with Crippen molar-refractivity contribution in [3.8, 4) is 0 Å². The molecule has 0 aliphatic carbocycles. The molecule has 6 nitrogen and oxygen atoms in total. The molecule has 27 heavy (non-hydrogen) atoms. The molecule has 2 amide bonds. The number of ether oxygens (including phenoxy) is 1. The van der Waals surface area contributed by atoms with E-state index in [-0.39, 0.29) is 18.4 Å². The first-order valence-corrected chi connectivity index (χ1v) is 9.24. The van der Waals surface area contributed by atoms with Crippen LogP contribution in [0, 0.1) is 0 Å². The molecule has 1 fully saturated rings. The second kappa shape index (κ2) is 9.73. The molecule has 0 aromatic heterocycles. The van der Waals surface area contributed by atoms with E-state index < -0.39 is 0 Å². The molecule has 1 saturated heterocycles. The van der Waals surface area contributed by atoms with Crippen molar-refractivity contribution in [3.63, 3.8) is 0 Å². The summed E-state index contributed by atoms with van der Waals surface area (Å²) in [5, 5.41) is 5.48. The average molecular weight is 367 g/mol. The van der Waals surface area contributed by atoms with Crippen LogP contribution in [-0.4, -0.2) is 51.2 Å². The van der Waals surface area contributed by atoms with Gasteiger partial charge < -0.3 is 20.3 Å². The summed E-state index contributed by atoms with van der Waals surface area (Å²) in [6.07, 6.45) is 0.767. The molecule has 2 aromatic rings. The lowest BCUT2D eigenvalue weighted by atomic mass is 10.1. The molecule has 0 unspecified atom stereocenters. The Morgan fingerprint density at radius 2 is 1.63 bits per heavy atom. The van der Waals surface area contributed by atoms with Crippen LogP contribution >= 0.6 is 0 Å².